The topological polar surface area (TPSA) is 4.93 Å². The van der Waals surface area contributed by atoms with Gasteiger partial charge in [0.05, 0.1) is 0 Å². The van der Waals surface area contributed by atoms with Crippen molar-refractivity contribution in [2.75, 3.05) is 0 Å². The molecule has 2 heteroatoms. The van der Waals surface area contributed by atoms with Crippen LogP contribution < -0.4 is 0 Å². The average molecular weight is 243 g/mol. The average Bonchev–Trinajstić information content (AvgIpc) is 2.72. The van der Waals surface area contributed by atoms with E-state index in [1.165, 1.54) is 21.8 Å². The molecule has 0 aliphatic carbocycles. The summed E-state index contributed by atoms with van der Waals surface area (Å²) in [6.07, 6.45) is 1.16. The predicted molar refractivity (Wildman–Crippen MR) is 76.9 cm³/mol. The van der Waals surface area contributed by atoms with Gasteiger partial charge in [-0.3, -0.25) is 4.70 Å². The summed E-state index contributed by atoms with van der Waals surface area (Å²) in [6.45, 7) is 4.53. The monoisotopic (exact) mass is 243 g/mol. The molecule has 0 aliphatic rings. The zero-order chi connectivity index (χ0) is 11.8. The third-order valence-corrected chi connectivity index (χ3v) is 3.65. The van der Waals surface area contributed by atoms with Crippen molar-refractivity contribution in [2.45, 2.75) is 26.3 Å². The highest BCUT2D eigenvalue weighted by Crippen LogP contribution is 2.32. The van der Waals surface area contributed by atoms with Crippen LogP contribution in [0, 0.1) is 0 Å². The fraction of sp³-hybridized carbons (Fsp3) is 0.250. The van der Waals surface area contributed by atoms with Crippen LogP contribution in [-0.2, 0) is 0 Å². The molecule has 0 saturated carbocycles. The molecule has 0 bridgehead atoms. The summed E-state index contributed by atoms with van der Waals surface area (Å²) in [4.78, 5) is 0. The number of hydrogen-bond acceptors (Lipinski definition) is 0. The van der Waals surface area contributed by atoms with Crippen molar-refractivity contribution in [2.24, 2.45) is 0 Å². The van der Waals surface area contributed by atoms with Crippen LogP contribution in [0.3, 0.4) is 0 Å². The molecule has 0 N–H and O–H groups in total. The molecular formula is C16H18FN. The fourth-order valence-corrected chi connectivity index (χ4v) is 2.61. The largest absolute Gasteiger partial charge is 0.338 e. The Hall–Kier alpha value is -1.83. The first-order chi connectivity index (χ1) is 8.33. The van der Waals surface area contributed by atoms with Gasteiger partial charge in [0.15, 0.2) is 0 Å². The highest BCUT2D eigenvalue weighted by atomic mass is 19.0. The summed E-state index contributed by atoms with van der Waals surface area (Å²) < 4.78 is 2.46. The van der Waals surface area contributed by atoms with Gasteiger partial charge in [0, 0.05) is 27.8 Å². The van der Waals surface area contributed by atoms with Crippen LogP contribution in [0.1, 0.15) is 26.3 Å². The highest BCUT2D eigenvalue weighted by molar-refractivity contribution is 6.08. The third-order valence-electron chi connectivity index (χ3n) is 3.65. The normalized spacial score (nSPS) is 12.6. The van der Waals surface area contributed by atoms with Crippen LogP contribution in [0.5, 0.6) is 0 Å². The molecule has 0 amide bonds. The van der Waals surface area contributed by atoms with Gasteiger partial charge >= 0.3 is 0 Å². The van der Waals surface area contributed by atoms with Gasteiger partial charge in [0.2, 0.25) is 0 Å². The number of para-hydroxylation sites is 2. The lowest BCUT2D eigenvalue weighted by atomic mass is 10.2. The molecule has 0 aliphatic heterocycles. The summed E-state index contributed by atoms with van der Waals surface area (Å²) in [7, 11) is 0. The second-order valence-corrected chi connectivity index (χ2v) is 4.66. The van der Waals surface area contributed by atoms with E-state index in [0.29, 0.717) is 6.04 Å². The molecule has 0 radical (unpaired) electrons. The standard InChI is InChI=1S/C16H17N.FH/c1-3-12(2)17-15-10-6-4-8-13(15)14-9-5-7-11-16(14)17;/h4-12H,3H2,1-2H3;1H. The number of aromatic nitrogens is 1. The second kappa shape index (κ2) is 4.81. The number of fused-ring (bicyclic) bond motifs is 3. The van der Waals surface area contributed by atoms with E-state index in [-0.39, 0.29) is 4.70 Å². The van der Waals surface area contributed by atoms with Gasteiger partial charge in [-0.1, -0.05) is 43.3 Å². The molecule has 0 fully saturated rings. The van der Waals surface area contributed by atoms with Crippen molar-refractivity contribution in [3.05, 3.63) is 48.5 Å². The zero-order valence-electron chi connectivity index (χ0n) is 10.8. The number of hydrogen-bond donors (Lipinski definition) is 0. The van der Waals surface area contributed by atoms with Gasteiger partial charge in [-0.05, 0) is 25.5 Å². The van der Waals surface area contributed by atoms with Crippen LogP contribution in [0.15, 0.2) is 48.5 Å². The first kappa shape index (κ1) is 12.6. The first-order valence-electron chi connectivity index (χ1n) is 6.30. The van der Waals surface area contributed by atoms with Crippen LogP contribution in [-0.4, -0.2) is 4.57 Å². The Labute approximate surface area is 106 Å². The lowest BCUT2D eigenvalue weighted by Crippen LogP contribution is -2.02. The third kappa shape index (κ3) is 1.69. The summed E-state index contributed by atoms with van der Waals surface area (Å²) in [5, 5.41) is 2.73. The molecule has 1 atom stereocenters. The lowest BCUT2D eigenvalue weighted by Gasteiger charge is -2.14. The van der Waals surface area contributed by atoms with Crippen molar-refractivity contribution in [1.82, 2.24) is 4.57 Å². The number of rotatable bonds is 2. The van der Waals surface area contributed by atoms with Crippen LogP contribution in [0.25, 0.3) is 21.8 Å². The zero-order valence-corrected chi connectivity index (χ0v) is 10.8. The summed E-state index contributed by atoms with van der Waals surface area (Å²) in [5.74, 6) is 0. The van der Waals surface area contributed by atoms with Crippen molar-refractivity contribution in [1.29, 1.82) is 0 Å². The van der Waals surface area contributed by atoms with Crippen LogP contribution >= 0.6 is 0 Å². The molecule has 3 aromatic rings. The molecule has 1 heterocycles. The van der Waals surface area contributed by atoms with Crippen LogP contribution in [0.2, 0.25) is 0 Å². The molecular weight excluding hydrogens is 225 g/mol. The summed E-state index contributed by atoms with van der Waals surface area (Å²) >= 11 is 0. The SMILES string of the molecule is CCC(C)n1c2ccccc2c2ccccc21.F. The van der Waals surface area contributed by atoms with E-state index in [4.69, 9.17) is 0 Å². The van der Waals surface area contributed by atoms with E-state index in [9.17, 15) is 0 Å². The smallest absolute Gasteiger partial charge is 0.0493 e. The van der Waals surface area contributed by atoms with Crippen LogP contribution in [0.4, 0.5) is 4.70 Å². The van der Waals surface area contributed by atoms with Gasteiger partial charge in [-0.15, -0.1) is 0 Å². The number of halogens is 1. The quantitative estimate of drug-likeness (QED) is 0.602. The predicted octanol–water partition coefficient (Wildman–Crippen LogP) is 4.92. The maximum atomic E-state index is 2.46. The second-order valence-electron chi connectivity index (χ2n) is 4.66. The van der Waals surface area contributed by atoms with Crippen molar-refractivity contribution in [3.63, 3.8) is 0 Å². The molecule has 94 valence electrons. The molecule has 1 aromatic heterocycles. The molecule has 1 unspecified atom stereocenters. The van der Waals surface area contributed by atoms with Gasteiger partial charge in [-0.25, -0.2) is 0 Å². The minimum Gasteiger partial charge on any atom is -0.338 e. The Morgan fingerprint density at radius 1 is 0.889 bits per heavy atom. The molecule has 0 saturated heterocycles. The Morgan fingerprint density at radius 3 is 1.78 bits per heavy atom. The lowest BCUT2D eigenvalue weighted by molar-refractivity contribution is 0.563. The van der Waals surface area contributed by atoms with E-state index in [1.54, 1.807) is 0 Å². The first-order valence-corrected chi connectivity index (χ1v) is 6.30. The van der Waals surface area contributed by atoms with Gasteiger partial charge < -0.3 is 4.57 Å². The van der Waals surface area contributed by atoms with E-state index in [2.05, 4.69) is 66.9 Å². The van der Waals surface area contributed by atoms with Crippen molar-refractivity contribution in [3.8, 4) is 0 Å². The van der Waals surface area contributed by atoms with E-state index in [0.717, 1.165) is 6.42 Å². The van der Waals surface area contributed by atoms with Gasteiger partial charge in [-0.2, -0.15) is 0 Å². The Bertz CT molecular complexity index is 616. The van der Waals surface area contributed by atoms with Crippen molar-refractivity contribution < 1.29 is 4.70 Å². The fourth-order valence-electron chi connectivity index (χ4n) is 2.61. The summed E-state index contributed by atoms with van der Waals surface area (Å²) in [5.41, 5.74) is 2.70. The Balaban J connectivity index is 0.00000120. The minimum absolute atomic E-state index is 0. The Morgan fingerprint density at radius 2 is 1.33 bits per heavy atom. The molecule has 18 heavy (non-hydrogen) atoms. The molecule has 2 aromatic carbocycles. The number of benzene rings is 2. The number of nitrogens with zero attached hydrogens (tertiary/aromatic N) is 1. The van der Waals surface area contributed by atoms with E-state index >= 15 is 0 Å². The molecule has 1 nitrogen and oxygen atoms in total. The highest BCUT2D eigenvalue weighted by Gasteiger charge is 2.12. The van der Waals surface area contributed by atoms with Gasteiger partial charge in [0.25, 0.3) is 0 Å². The minimum atomic E-state index is 0. The molecule has 0 spiro atoms. The van der Waals surface area contributed by atoms with Gasteiger partial charge in [0.1, 0.15) is 0 Å². The maximum Gasteiger partial charge on any atom is 0.0493 e. The van der Waals surface area contributed by atoms with E-state index < -0.39 is 0 Å². The van der Waals surface area contributed by atoms with Crippen molar-refractivity contribution >= 4 is 21.8 Å². The summed E-state index contributed by atoms with van der Waals surface area (Å²) in [6, 6.07) is 17.9. The Kier molecular flexibility index (Phi) is 3.37. The van der Waals surface area contributed by atoms with E-state index in [1.807, 2.05) is 0 Å². The molecule has 3 rings (SSSR count). The maximum absolute atomic E-state index is 2.46.